The minimum absolute atomic E-state index is 0.0915. The maximum Gasteiger partial charge on any atom is 0.339 e. The van der Waals surface area contributed by atoms with Crippen molar-refractivity contribution in [2.24, 2.45) is 0 Å². The first-order chi connectivity index (χ1) is 13.7. The molecule has 1 unspecified atom stereocenters. The van der Waals surface area contributed by atoms with Crippen molar-refractivity contribution in [2.45, 2.75) is 39.3 Å². The normalized spacial score (nSPS) is 15.9. The summed E-state index contributed by atoms with van der Waals surface area (Å²) < 4.78 is 0. The van der Waals surface area contributed by atoms with Gasteiger partial charge in [0, 0.05) is 5.56 Å². The quantitative estimate of drug-likeness (QED) is 0.602. The Balaban J connectivity index is 1.64. The molecular formula is C23H28N3O3+. The number of rotatable bonds is 6. The van der Waals surface area contributed by atoms with E-state index >= 15 is 0 Å². The minimum atomic E-state index is -0.763. The molecule has 6 nitrogen and oxygen atoms in total. The molecule has 6 heteroatoms. The maximum atomic E-state index is 12.7. The first-order valence-electron chi connectivity index (χ1n) is 9.79. The molecule has 29 heavy (non-hydrogen) atoms. The van der Waals surface area contributed by atoms with Crippen molar-refractivity contribution in [2.75, 3.05) is 13.7 Å². The number of imide groups is 2. The number of nitrogens with one attached hydrogen (secondary N) is 1. The van der Waals surface area contributed by atoms with Gasteiger partial charge in [-0.2, -0.15) is 0 Å². The Kier molecular flexibility index (Phi) is 5.84. The van der Waals surface area contributed by atoms with Gasteiger partial charge in [0.1, 0.15) is 6.54 Å². The molecule has 0 aromatic heterocycles. The first kappa shape index (κ1) is 20.7. The SMILES string of the molecule is C[NH+](Cc1ccc(C(C)(C)C)cc1)CN1C(=O)C(=O)N(Cc2ccccc2)C1=O. The average Bonchev–Trinajstić information content (AvgIpc) is 2.87. The van der Waals surface area contributed by atoms with Gasteiger partial charge in [-0.15, -0.1) is 0 Å². The Morgan fingerprint density at radius 2 is 1.38 bits per heavy atom. The zero-order chi connectivity index (χ0) is 21.2. The van der Waals surface area contributed by atoms with Crippen molar-refractivity contribution in [3.63, 3.8) is 0 Å². The van der Waals surface area contributed by atoms with Gasteiger partial charge in [0.25, 0.3) is 0 Å². The van der Waals surface area contributed by atoms with E-state index in [-0.39, 0.29) is 18.6 Å². The lowest BCUT2D eigenvalue weighted by atomic mass is 9.87. The van der Waals surface area contributed by atoms with Gasteiger partial charge in [-0.05, 0) is 16.5 Å². The van der Waals surface area contributed by atoms with E-state index in [0.717, 1.165) is 25.8 Å². The van der Waals surface area contributed by atoms with Crippen LogP contribution >= 0.6 is 0 Å². The molecule has 1 fully saturated rings. The molecule has 2 aromatic carbocycles. The third kappa shape index (κ3) is 4.71. The molecule has 152 valence electrons. The van der Waals surface area contributed by atoms with Gasteiger partial charge in [0.05, 0.1) is 13.6 Å². The molecular weight excluding hydrogens is 366 g/mol. The van der Waals surface area contributed by atoms with Crippen LogP contribution in [0.1, 0.15) is 37.5 Å². The number of benzene rings is 2. The van der Waals surface area contributed by atoms with Gasteiger partial charge in [-0.25, -0.2) is 9.69 Å². The number of carbonyl (C=O) groups is 3. The monoisotopic (exact) mass is 394 g/mol. The summed E-state index contributed by atoms with van der Waals surface area (Å²) in [6, 6.07) is 17.0. The summed E-state index contributed by atoms with van der Waals surface area (Å²) in [6.07, 6.45) is 0. The van der Waals surface area contributed by atoms with E-state index in [4.69, 9.17) is 0 Å². The van der Waals surface area contributed by atoms with Crippen LogP contribution in [0, 0.1) is 0 Å². The van der Waals surface area contributed by atoms with E-state index in [1.165, 1.54) is 5.56 Å². The Bertz CT molecular complexity index is 901. The molecule has 1 saturated heterocycles. The predicted molar refractivity (Wildman–Crippen MR) is 110 cm³/mol. The third-order valence-corrected chi connectivity index (χ3v) is 5.07. The van der Waals surface area contributed by atoms with E-state index in [0.29, 0.717) is 6.54 Å². The molecule has 1 aliphatic heterocycles. The van der Waals surface area contributed by atoms with E-state index in [1.807, 2.05) is 37.4 Å². The van der Waals surface area contributed by atoms with Crippen LogP contribution in [-0.2, 0) is 28.1 Å². The Labute approximate surface area is 171 Å². The molecule has 2 aromatic rings. The van der Waals surface area contributed by atoms with E-state index in [1.54, 1.807) is 0 Å². The van der Waals surface area contributed by atoms with Crippen LogP contribution < -0.4 is 4.90 Å². The number of amides is 4. The summed E-state index contributed by atoms with van der Waals surface area (Å²) in [7, 11) is 1.91. The zero-order valence-corrected chi connectivity index (χ0v) is 17.4. The van der Waals surface area contributed by atoms with Gasteiger partial charge in [-0.3, -0.25) is 14.5 Å². The standard InChI is InChI=1S/C23H27N3O3/c1-23(2,3)19-12-10-18(11-13-19)14-24(4)16-26-21(28)20(27)25(22(26)29)15-17-8-6-5-7-9-17/h5-13H,14-16H2,1-4H3/p+1. The summed E-state index contributed by atoms with van der Waals surface area (Å²) in [5.41, 5.74) is 3.27. The first-order valence-corrected chi connectivity index (χ1v) is 9.79. The fraction of sp³-hybridized carbons (Fsp3) is 0.348. The number of urea groups is 1. The topological polar surface area (TPSA) is 62.1 Å². The van der Waals surface area contributed by atoms with Crippen molar-refractivity contribution in [1.82, 2.24) is 9.80 Å². The highest BCUT2D eigenvalue weighted by Gasteiger charge is 2.45. The molecule has 3 rings (SSSR count). The highest BCUT2D eigenvalue weighted by molar-refractivity contribution is 6.44. The Hall–Kier alpha value is -2.99. The minimum Gasteiger partial charge on any atom is -0.316 e. The van der Waals surface area contributed by atoms with Crippen molar-refractivity contribution < 1.29 is 19.3 Å². The Morgan fingerprint density at radius 1 is 0.793 bits per heavy atom. The van der Waals surface area contributed by atoms with E-state index in [9.17, 15) is 14.4 Å². The second-order valence-corrected chi connectivity index (χ2v) is 8.63. The van der Waals surface area contributed by atoms with Crippen LogP contribution in [0.3, 0.4) is 0 Å². The fourth-order valence-electron chi connectivity index (χ4n) is 3.39. The van der Waals surface area contributed by atoms with Gasteiger partial charge < -0.3 is 4.90 Å². The van der Waals surface area contributed by atoms with Gasteiger partial charge >= 0.3 is 17.8 Å². The van der Waals surface area contributed by atoms with Crippen LogP contribution in [0.15, 0.2) is 54.6 Å². The number of hydrogen-bond donors (Lipinski definition) is 1. The summed E-state index contributed by atoms with van der Waals surface area (Å²) in [6.45, 7) is 7.41. The van der Waals surface area contributed by atoms with Gasteiger partial charge in [0.15, 0.2) is 6.67 Å². The lowest BCUT2D eigenvalue weighted by Gasteiger charge is -2.21. The average molecular weight is 394 g/mol. The number of carbonyl (C=O) groups excluding carboxylic acids is 3. The van der Waals surface area contributed by atoms with Crippen LogP contribution in [-0.4, -0.2) is 41.4 Å². The number of quaternary nitrogens is 1. The van der Waals surface area contributed by atoms with Crippen LogP contribution in [0.5, 0.6) is 0 Å². The van der Waals surface area contributed by atoms with Crippen molar-refractivity contribution in [1.29, 1.82) is 0 Å². The van der Waals surface area contributed by atoms with Gasteiger partial charge in [-0.1, -0.05) is 75.4 Å². The molecule has 0 bridgehead atoms. The molecule has 1 aliphatic rings. The Morgan fingerprint density at radius 3 is 1.97 bits per heavy atom. The van der Waals surface area contributed by atoms with Crippen LogP contribution in [0.25, 0.3) is 0 Å². The lowest BCUT2D eigenvalue weighted by Crippen LogP contribution is -3.09. The zero-order valence-electron chi connectivity index (χ0n) is 17.4. The fourth-order valence-corrected chi connectivity index (χ4v) is 3.39. The highest BCUT2D eigenvalue weighted by atomic mass is 16.2. The van der Waals surface area contributed by atoms with E-state index in [2.05, 4.69) is 45.0 Å². The molecule has 1 heterocycles. The summed E-state index contributed by atoms with van der Waals surface area (Å²) in [5.74, 6) is -1.52. The van der Waals surface area contributed by atoms with Gasteiger partial charge in [0.2, 0.25) is 0 Å². The number of nitrogens with zero attached hydrogens (tertiary/aromatic N) is 2. The molecule has 1 atom stereocenters. The predicted octanol–water partition coefficient (Wildman–Crippen LogP) is 1.95. The molecule has 0 aliphatic carbocycles. The van der Waals surface area contributed by atoms with Crippen molar-refractivity contribution in [3.05, 3.63) is 71.3 Å². The molecule has 0 spiro atoms. The maximum absolute atomic E-state index is 12.7. The second-order valence-electron chi connectivity index (χ2n) is 8.63. The molecule has 0 radical (unpaired) electrons. The largest absolute Gasteiger partial charge is 0.339 e. The smallest absolute Gasteiger partial charge is 0.316 e. The summed E-state index contributed by atoms with van der Waals surface area (Å²) in [4.78, 5) is 40.3. The van der Waals surface area contributed by atoms with E-state index < -0.39 is 17.8 Å². The second kappa shape index (κ2) is 8.17. The molecule has 0 saturated carbocycles. The summed E-state index contributed by atoms with van der Waals surface area (Å²) >= 11 is 0. The van der Waals surface area contributed by atoms with Crippen LogP contribution in [0.2, 0.25) is 0 Å². The van der Waals surface area contributed by atoms with Crippen molar-refractivity contribution >= 4 is 17.8 Å². The number of hydrogen-bond acceptors (Lipinski definition) is 3. The lowest BCUT2D eigenvalue weighted by molar-refractivity contribution is -0.901. The molecule has 1 N–H and O–H groups in total. The van der Waals surface area contributed by atoms with Crippen molar-refractivity contribution in [3.8, 4) is 0 Å². The van der Waals surface area contributed by atoms with Crippen LogP contribution in [0.4, 0.5) is 4.79 Å². The third-order valence-electron chi connectivity index (χ3n) is 5.07. The highest BCUT2D eigenvalue weighted by Crippen LogP contribution is 2.22. The molecule has 4 amide bonds. The summed E-state index contributed by atoms with van der Waals surface area (Å²) in [5, 5.41) is 0.